The SMILES string of the molecule is CCOc1ccc(/C(O)=C2/C(=O)C(=O)N(c3nnc(SCc4ccc(F)cc4)s3)C2c2ccc(O)cc2)cc1. The maximum absolute atomic E-state index is 13.3. The zero-order chi connectivity index (χ0) is 27.5. The molecule has 2 heterocycles. The molecule has 1 amide bonds. The fourth-order valence-corrected chi connectivity index (χ4v) is 5.94. The molecule has 39 heavy (non-hydrogen) atoms. The van der Waals surface area contributed by atoms with Crippen LogP contribution in [0.2, 0.25) is 0 Å². The Morgan fingerprint density at radius 1 is 1.03 bits per heavy atom. The van der Waals surface area contributed by atoms with Crippen LogP contribution in [0.1, 0.15) is 29.7 Å². The number of nitrogens with zero attached hydrogens (tertiary/aromatic N) is 3. The smallest absolute Gasteiger partial charge is 0.301 e. The molecule has 0 radical (unpaired) electrons. The van der Waals surface area contributed by atoms with Gasteiger partial charge in [0.25, 0.3) is 5.78 Å². The van der Waals surface area contributed by atoms with Crippen LogP contribution in [0.25, 0.3) is 5.76 Å². The van der Waals surface area contributed by atoms with E-state index < -0.39 is 17.7 Å². The second-order valence-corrected chi connectivity index (χ2v) is 10.7. The van der Waals surface area contributed by atoms with Gasteiger partial charge in [-0.3, -0.25) is 14.5 Å². The van der Waals surface area contributed by atoms with Crippen molar-refractivity contribution in [1.82, 2.24) is 10.2 Å². The van der Waals surface area contributed by atoms with Crippen LogP contribution in [0.3, 0.4) is 0 Å². The summed E-state index contributed by atoms with van der Waals surface area (Å²) in [5.41, 5.74) is 1.62. The molecular weight excluding hydrogens is 541 g/mol. The van der Waals surface area contributed by atoms with Gasteiger partial charge in [-0.2, -0.15) is 0 Å². The standard InChI is InChI=1S/C28H22FN3O5S2/c1-2-37-21-13-7-18(8-14-21)24(34)22-23(17-5-11-20(33)12-6-17)32(26(36)25(22)35)27-30-31-28(39-27)38-15-16-3-9-19(29)10-4-16/h3-14,23,33-34H,2,15H2,1H3/b24-22-. The molecule has 198 valence electrons. The van der Waals surface area contributed by atoms with E-state index in [4.69, 9.17) is 4.74 Å². The Labute approximate surface area is 231 Å². The number of anilines is 1. The second kappa shape index (κ2) is 11.3. The van der Waals surface area contributed by atoms with E-state index in [1.807, 2.05) is 6.92 Å². The summed E-state index contributed by atoms with van der Waals surface area (Å²) in [4.78, 5) is 27.8. The van der Waals surface area contributed by atoms with Crippen molar-refractivity contribution in [2.75, 3.05) is 11.5 Å². The minimum Gasteiger partial charge on any atom is -0.508 e. The molecule has 1 aromatic heterocycles. The number of phenols is 1. The molecule has 1 fully saturated rings. The number of aromatic nitrogens is 2. The number of aliphatic hydroxyl groups excluding tert-OH is 1. The lowest BCUT2D eigenvalue weighted by molar-refractivity contribution is -0.132. The molecule has 3 aromatic carbocycles. The van der Waals surface area contributed by atoms with Crippen molar-refractivity contribution >= 4 is 45.7 Å². The number of thioether (sulfide) groups is 1. The van der Waals surface area contributed by atoms with Crippen LogP contribution in [-0.4, -0.2) is 38.7 Å². The van der Waals surface area contributed by atoms with Gasteiger partial charge in [-0.05, 0) is 66.6 Å². The van der Waals surface area contributed by atoms with Crippen molar-refractivity contribution in [1.29, 1.82) is 0 Å². The van der Waals surface area contributed by atoms with E-state index >= 15 is 0 Å². The number of phenolic OH excluding ortho intramolecular Hbond substituents is 1. The minimum atomic E-state index is -1.000. The molecule has 1 saturated heterocycles. The summed E-state index contributed by atoms with van der Waals surface area (Å²) >= 11 is 2.49. The Balaban J connectivity index is 1.51. The summed E-state index contributed by atoms with van der Waals surface area (Å²) in [7, 11) is 0. The molecule has 1 aliphatic heterocycles. The highest BCUT2D eigenvalue weighted by Gasteiger charge is 2.48. The van der Waals surface area contributed by atoms with Crippen molar-refractivity contribution in [3.8, 4) is 11.5 Å². The van der Waals surface area contributed by atoms with Crippen LogP contribution in [-0.2, 0) is 15.3 Å². The Kier molecular flexibility index (Phi) is 7.62. The zero-order valence-corrected chi connectivity index (χ0v) is 22.2. The average Bonchev–Trinajstić information content (AvgIpc) is 3.51. The van der Waals surface area contributed by atoms with Gasteiger partial charge in [0.05, 0.1) is 18.2 Å². The van der Waals surface area contributed by atoms with E-state index in [0.717, 1.165) is 16.9 Å². The summed E-state index contributed by atoms with van der Waals surface area (Å²) in [5, 5.41) is 29.6. The number of hydrogen-bond donors (Lipinski definition) is 2. The van der Waals surface area contributed by atoms with Gasteiger partial charge in [-0.25, -0.2) is 4.39 Å². The van der Waals surface area contributed by atoms with Gasteiger partial charge in [0, 0.05) is 11.3 Å². The highest BCUT2D eigenvalue weighted by molar-refractivity contribution is 8.00. The summed E-state index contributed by atoms with van der Waals surface area (Å²) in [6.45, 7) is 2.33. The Hall–Kier alpha value is -4.22. The van der Waals surface area contributed by atoms with Crippen molar-refractivity contribution in [3.63, 3.8) is 0 Å². The zero-order valence-electron chi connectivity index (χ0n) is 20.6. The van der Waals surface area contributed by atoms with Crippen molar-refractivity contribution < 1.29 is 28.9 Å². The van der Waals surface area contributed by atoms with E-state index in [9.17, 15) is 24.2 Å². The fourth-order valence-electron chi connectivity index (χ4n) is 4.12. The van der Waals surface area contributed by atoms with Crippen LogP contribution in [0.15, 0.2) is 82.7 Å². The quantitative estimate of drug-likeness (QED) is 0.0923. The van der Waals surface area contributed by atoms with Crippen LogP contribution >= 0.6 is 23.1 Å². The van der Waals surface area contributed by atoms with Crippen LogP contribution in [0, 0.1) is 5.82 Å². The van der Waals surface area contributed by atoms with Gasteiger partial charge in [0.1, 0.15) is 23.1 Å². The Morgan fingerprint density at radius 3 is 2.38 bits per heavy atom. The molecule has 8 nitrogen and oxygen atoms in total. The number of carbonyl (C=O) groups excluding carboxylic acids is 2. The minimum absolute atomic E-state index is 0.0117. The molecule has 0 saturated carbocycles. The van der Waals surface area contributed by atoms with E-state index in [-0.39, 0.29) is 28.0 Å². The molecule has 0 spiro atoms. The van der Waals surface area contributed by atoms with Crippen molar-refractivity contribution in [2.45, 2.75) is 23.1 Å². The third-order valence-electron chi connectivity index (χ3n) is 5.97. The van der Waals surface area contributed by atoms with Gasteiger partial charge in [-0.1, -0.05) is 47.4 Å². The molecule has 0 aliphatic carbocycles. The lowest BCUT2D eigenvalue weighted by Gasteiger charge is -2.22. The largest absolute Gasteiger partial charge is 0.508 e. The first-order valence-corrected chi connectivity index (χ1v) is 13.7. The normalized spacial score (nSPS) is 16.6. The monoisotopic (exact) mass is 563 g/mol. The number of aliphatic hydroxyl groups is 1. The molecule has 2 N–H and O–H groups in total. The predicted molar refractivity (Wildman–Crippen MR) is 146 cm³/mol. The van der Waals surface area contributed by atoms with Gasteiger partial charge < -0.3 is 14.9 Å². The lowest BCUT2D eigenvalue weighted by atomic mass is 9.95. The third-order valence-corrected chi connectivity index (χ3v) is 8.10. The fraction of sp³-hybridized carbons (Fsp3) is 0.143. The molecule has 1 atom stereocenters. The third kappa shape index (κ3) is 5.50. The number of aromatic hydroxyl groups is 1. The first-order chi connectivity index (χ1) is 18.9. The summed E-state index contributed by atoms with van der Waals surface area (Å²) in [6, 6.07) is 17.7. The summed E-state index contributed by atoms with van der Waals surface area (Å²) in [6.07, 6.45) is 0. The van der Waals surface area contributed by atoms with Gasteiger partial charge >= 0.3 is 5.91 Å². The Morgan fingerprint density at radius 2 is 1.72 bits per heavy atom. The van der Waals surface area contributed by atoms with Crippen LogP contribution < -0.4 is 9.64 Å². The maximum Gasteiger partial charge on any atom is 0.301 e. The van der Waals surface area contributed by atoms with E-state index in [1.165, 1.54) is 40.9 Å². The van der Waals surface area contributed by atoms with Crippen molar-refractivity contribution in [3.05, 3.63) is 101 Å². The number of amides is 1. The van der Waals surface area contributed by atoms with E-state index in [2.05, 4.69) is 10.2 Å². The summed E-state index contributed by atoms with van der Waals surface area (Å²) < 4.78 is 19.2. The topological polar surface area (TPSA) is 113 Å². The highest BCUT2D eigenvalue weighted by atomic mass is 32.2. The highest BCUT2D eigenvalue weighted by Crippen LogP contribution is 2.44. The number of carbonyl (C=O) groups is 2. The van der Waals surface area contributed by atoms with Gasteiger partial charge in [0.2, 0.25) is 5.13 Å². The molecular formula is C28H22FN3O5S2. The number of rotatable bonds is 8. The predicted octanol–water partition coefficient (Wildman–Crippen LogP) is 5.70. The molecule has 4 aromatic rings. The number of ketones is 1. The maximum atomic E-state index is 13.3. The van der Waals surface area contributed by atoms with E-state index in [1.54, 1.807) is 48.5 Å². The number of hydrogen-bond acceptors (Lipinski definition) is 9. The van der Waals surface area contributed by atoms with E-state index in [0.29, 0.717) is 33.6 Å². The second-order valence-electron chi connectivity index (χ2n) is 8.48. The van der Waals surface area contributed by atoms with Crippen LogP contribution in [0.5, 0.6) is 11.5 Å². The first-order valence-electron chi connectivity index (χ1n) is 11.9. The molecule has 11 heteroatoms. The average molecular weight is 564 g/mol. The summed E-state index contributed by atoms with van der Waals surface area (Å²) in [5.74, 6) is -1.26. The molecule has 5 rings (SSSR count). The number of halogens is 1. The van der Waals surface area contributed by atoms with Crippen LogP contribution in [0.4, 0.5) is 9.52 Å². The number of Topliss-reactive ketones (excluding diaryl/α,β-unsaturated/α-hetero) is 1. The molecule has 1 unspecified atom stereocenters. The first kappa shape index (κ1) is 26.4. The molecule has 1 aliphatic rings. The van der Waals surface area contributed by atoms with Gasteiger partial charge in [0.15, 0.2) is 4.34 Å². The van der Waals surface area contributed by atoms with Gasteiger partial charge in [-0.15, -0.1) is 10.2 Å². The van der Waals surface area contributed by atoms with Crippen molar-refractivity contribution in [2.24, 2.45) is 0 Å². The Bertz CT molecular complexity index is 1540. The number of benzene rings is 3. The lowest BCUT2D eigenvalue weighted by Crippen LogP contribution is -2.29. The molecule has 0 bridgehead atoms. The number of ether oxygens (including phenoxy) is 1.